The van der Waals surface area contributed by atoms with Gasteiger partial charge in [0.2, 0.25) is 0 Å². The summed E-state index contributed by atoms with van der Waals surface area (Å²) >= 11 is 5.41. The lowest BCUT2D eigenvalue weighted by atomic mass is 10.0. The van der Waals surface area contributed by atoms with Crippen LogP contribution in [0.25, 0.3) is 0 Å². The number of halogens is 3. The Balaban J connectivity index is 3.54. The molecule has 1 aromatic rings. The highest BCUT2D eigenvalue weighted by molar-refractivity contribution is 14.1. The van der Waals surface area contributed by atoms with Crippen molar-refractivity contribution in [2.24, 2.45) is 5.73 Å². The van der Waals surface area contributed by atoms with E-state index in [1.165, 1.54) is 7.05 Å². The highest BCUT2D eigenvalue weighted by Gasteiger charge is 2.31. The Morgan fingerprint density at radius 2 is 1.45 bits per heavy atom. The Hall–Kier alpha value is -0.340. The van der Waals surface area contributed by atoms with E-state index in [0.717, 1.165) is 4.90 Å². The van der Waals surface area contributed by atoms with E-state index >= 15 is 0 Å². The molecule has 0 aliphatic carbocycles. The summed E-state index contributed by atoms with van der Waals surface area (Å²) in [5, 5.41) is 39.4. The molecule has 0 fully saturated rings. The summed E-state index contributed by atoms with van der Waals surface area (Å²) in [5.74, 6) is -2.06. The van der Waals surface area contributed by atoms with Crippen molar-refractivity contribution in [3.63, 3.8) is 0 Å². The number of nitrogens with zero attached hydrogens (tertiary/aromatic N) is 1. The highest BCUT2D eigenvalue weighted by Crippen LogP contribution is 2.32. The van der Waals surface area contributed by atoms with Crippen LogP contribution in [0.2, 0.25) is 0 Å². The molecular weight excluding hydrogens is 727 g/mol. The molecule has 0 heterocycles. The Morgan fingerprint density at radius 1 is 0.966 bits per heavy atom. The summed E-state index contributed by atoms with van der Waals surface area (Å²) in [6.07, 6.45) is -2.32. The predicted octanol–water partition coefficient (Wildman–Crippen LogP) is -0.892. The van der Waals surface area contributed by atoms with Crippen LogP contribution in [-0.2, 0) is 0 Å². The molecule has 0 bridgehead atoms. The summed E-state index contributed by atoms with van der Waals surface area (Å²) in [5.41, 5.74) is 5.56. The van der Waals surface area contributed by atoms with Crippen molar-refractivity contribution in [3.8, 4) is 0 Å². The smallest absolute Gasteiger partial charge is 0.255 e. The van der Waals surface area contributed by atoms with E-state index in [1.54, 1.807) is 45.2 Å². The number of aliphatic hydroxyl groups excluding tert-OH is 4. The molecule has 0 aliphatic heterocycles. The second-order valence-corrected chi connectivity index (χ2v) is 9.24. The fourth-order valence-electron chi connectivity index (χ4n) is 2.28. The lowest BCUT2D eigenvalue weighted by molar-refractivity contribution is 0.0518. The maximum atomic E-state index is 13.0. The molecule has 2 unspecified atom stereocenters. The van der Waals surface area contributed by atoms with Gasteiger partial charge in [-0.05, 0) is 67.8 Å². The van der Waals surface area contributed by atoms with Crippen LogP contribution in [0.5, 0.6) is 0 Å². The normalized spacial score (nSPS) is 13.0. The number of nitrogens with two attached hydrogens (primary N) is 1. The number of primary amides is 1. The number of hydrogen-bond donors (Lipinski definition) is 6. The first-order chi connectivity index (χ1) is 13.5. The molecule has 0 aromatic heterocycles. The summed E-state index contributed by atoms with van der Waals surface area (Å²) in [6.45, 7) is -1.48. The molecule has 0 saturated carbocycles. The number of hydrogen-bond acceptors (Lipinski definition) is 7. The Kier molecular flexibility index (Phi) is 10.9. The van der Waals surface area contributed by atoms with E-state index in [4.69, 9.17) is 15.9 Å². The Bertz CT molecular complexity index is 807. The van der Waals surface area contributed by atoms with Gasteiger partial charge in [0, 0.05) is 30.8 Å². The molecule has 3 amide bonds. The van der Waals surface area contributed by atoms with E-state index in [0.29, 0.717) is 0 Å². The number of carbonyl (C=O) groups excluding carboxylic acids is 3. The molecule has 2 atom stereocenters. The van der Waals surface area contributed by atoms with Gasteiger partial charge in [-0.2, -0.15) is 0 Å². The van der Waals surface area contributed by atoms with Crippen molar-refractivity contribution in [1.82, 2.24) is 10.2 Å². The predicted molar refractivity (Wildman–Crippen MR) is 129 cm³/mol. The van der Waals surface area contributed by atoms with E-state index in [9.17, 15) is 24.6 Å². The minimum atomic E-state index is -1.17. The van der Waals surface area contributed by atoms with Crippen molar-refractivity contribution in [2.45, 2.75) is 12.2 Å². The van der Waals surface area contributed by atoms with Crippen LogP contribution in [0, 0.1) is 10.7 Å². The second-order valence-electron chi connectivity index (χ2n) is 6.00. The van der Waals surface area contributed by atoms with Crippen molar-refractivity contribution < 1.29 is 34.8 Å². The molecule has 10 nitrogen and oxygen atoms in total. The molecule has 162 valence electrons. The van der Waals surface area contributed by atoms with Crippen molar-refractivity contribution >= 4 is 85.5 Å². The fraction of sp³-hybridized carbons (Fsp3) is 0.438. The molecule has 29 heavy (non-hydrogen) atoms. The van der Waals surface area contributed by atoms with E-state index < -0.39 is 43.1 Å². The first kappa shape index (κ1) is 26.7. The van der Waals surface area contributed by atoms with Crippen LogP contribution in [0.1, 0.15) is 31.1 Å². The standard InChI is InChI=1S/C16H20I3N3O7/c1-22(3-7(26)5-24)16(29)10-12(18)8(14(20)27)11(17)9(13(10)19)15(28)21-2-6(25)4-23/h6-7,23-26H,2-5H2,1H3,(H2,20,27)(H,21,28). The van der Waals surface area contributed by atoms with Gasteiger partial charge in [0.25, 0.3) is 17.7 Å². The number of nitrogens with one attached hydrogen (secondary N) is 1. The number of aliphatic hydroxyl groups is 4. The van der Waals surface area contributed by atoms with Gasteiger partial charge in [-0.25, -0.2) is 0 Å². The quantitative estimate of drug-likeness (QED) is 0.178. The monoisotopic (exact) mass is 747 g/mol. The minimum Gasteiger partial charge on any atom is -0.394 e. The second kappa shape index (κ2) is 11.9. The summed E-state index contributed by atoms with van der Waals surface area (Å²) in [4.78, 5) is 38.9. The number of carbonyl (C=O) groups is 3. The van der Waals surface area contributed by atoms with Gasteiger partial charge < -0.3 is 36.4 Å². The van der Waals surface area contributed by atoms with Gasteiger partial charge in [-0.3, -0.25) is 14.4 Å². The highest BCUT2D eigenvalue weighted by atomic mass is 127. The molecule has 1 aromatic carbocycles. The molecule has 7 N–H and O–H groups in total. The molecule has 0 spiro atoms. The Morgan fingerprint density at radius 3 is 1.93 bits per heavy atom. The summed E-state index contributed by atoms with van der Waals surface area (Å²) in [7, 11) is 1.41. The minimum absolute atomic E-state index is 0.000991. The van der Waals surface area contributed by atoms with E-state index in [1.807, 2.05) is 22.6 Å². The molecule has 0 radical (unpaired) electrons. The van der Waals surface area contributed by atoms with Gasteiger partial charge >= 0.3 is 0 Å². The third kappa shape index (κ3) is 6.57. The van der Waals surface area contributed by atoms with Crippen LogP contribution < -0.4 is 11.1 Å². The molecule has 0 aliphatic rings. The number of likely N-dealkylation sites (N-methyl/N-ethyl adjacent to an activating group) is 1. The zero-order valence-corrected chi connectivity index (χ0v) is 21.6. The van der Waals surface area contributed by atoms with Crippen LogP contribution in [0.4, 0.5) is 0 Å². The lowest BCUT2D eigenvalue weighted by Crippen LogP contribution is -2.38. The van der Waals surface area contributed by atoms with Crippen LogP contribution >= 0.6 is 67.8 Å². The fourth-order valence-corrected chi connectivity index (χ4v) is 6.93. The maximum absolute atomic E-state index is 13.0. The van der Waals surface area contributed by atoms with Gasteiger partial charge in [-0.1, -0.05) is 0 Å². The maximum Gasteiger partial charge on any atom is 0.255 e. The third-order valence-electron chi connectivity index (χ3n) is 3.76. The summed E-state index contributed by atoms with van der Waals surface area (Å²) < 4.78 is 0.758. The average molecular weight is 747 g/mol. The molecule has 13 heteroatoms. The molecule has 0 saturated heterocycles. The SMILES string of the molecule is CN(CC(O)CO)C(=O)c1c(I)c(C(N)=O)c(I)c(C(=O)NCC(O)CO)c1I. The van der Waals surface area contributed by atoms with E-state index in [-0.39, 0.29) is 40.5 Å². The molecule has 1 rings (SSSR count). The number of amides is 3. The average Bonchev–Trinajstić information content (AvgIpc) is 2.65. The number of rotatable bonds is 9. The van der Waals surface area contributed by atoms with Gasteiger partial charge in [0.1, 0.15) is 0 Å². The van der Waals surface area contributed by atoms with Gasteiger partial charge in [-0.15, -0.1) is 0 Å². The largest absolute Gasteiger partial charge is 0.394 e. The van der Waals surface area contributed by atoms with Gasteiger partial charge in [0.05, 0.1) is 42.1 Å². The van der Waals surface area contributed by atoms with Crippen LogP contribution in [0.3, 0.4) is 0 Å². The van der Waals surface area contributed by atoms with Crippen molar-refractivity contribution in [2.75, 3.05) is 33.4 Å². The first-order valence-corrected chi connectivity index (χ1v) is 11.3. The van der Waals surface area contributed by atoms with Crippen molar-refractivity contribution in [3.05, 3.63) is 27.4 Å². The summed E-state index contributed by atoms with van der Waals surface area (Å²) in [6, 6.07) is 0. The number of benzene rings is 1. The van der Waals surface area contributed by atoms with Crippen LogP contribution in [-0.4, -0.2) is 88.6 Å². The van der Waals surface area contributed by atoms with Crippen molar-refractivity contribution in [1.29, 1.82) is 0 Å². The zero-order chi connectivity index (χ0) is 22.5. The first-order valence-electron chi connectivity index (χ1n) is 8.09. The third-order valence-corrected chi connectivity index (χ3v) is 6.99. The van der Waals surface area contributed by atoms with Gasteiger partial charge in [0.15, 0.2) is 0 Å². The molecular formula is C16H20I3N3O7. The zero-order valence-electron chi connectivity index (χ0n) is 15.2. The topological polar surface area (TPSA) is 173 Å². The Labute approximate surface area is 207 Å². The van der Waals surface area contributed by atoms with Crippen LogP contribution in [0.15, 0.2) is 0 Å². The van der Waals surface area contributed by atoms with E-state index in [2.05, 4.69) is 5.32 Å². The lowest BCUT2D eigenvalue weighted by Gasteiger charge is -2.23.